The zero-order valence-electron chi connectivity index (χ0n) is 19.2. The molecular weight excluding hydrogens is 438 g/mol. The van der Waals surface area contributed by atoms with E-state index in [1.54, 1.807) is 50.0 Å². The number of amides is 2. The van der Waals surface area contributed by atoms with Gasteiger partial charge in [0.05, 0.1) is 4.90 Å². The van der Waals surface area contributed by atoms with Crippen molar-refractivity contribution in [1.82, 2.24) is 9.62 Å². The number of anilines is 1. The zero-order valence-corrected chi connectivity index (χ0v) is 20.1. The van der Waals surface area contributed by atoms with Gasteiger partial charge in [-0.1, -0.05) is 36.4 Å². The van der Waals surface area contributed by atoms with Crippen LogP contribution in [0.4, 0.5) is 5.69 Å². The average molecular weight is 470 g/mol. The first-order valence-corrected chi connectivity index (χ1v) is 12.5. The molecule has 0 radical (unpaired) electrons. The number of nitrogens with zero attached hydrogens (tertiary/aromatic N) is 1. The van der Waals surface area contributed by atoms with Gasteiger partial charge in [-0.3, -0.25) is 9.59 Å². The second-order valence-electron chi connectivity index (χ2n) is 9.22. The summed E-state index contributed by atoms with van der Waals surface area (Å²) in [5, 5.41) is 2.83. The van der Waals surface area contributed by atoms with Crippen LogP contribution in [0.3, 0.4) is 0 Å². The minimum atomic E-state index is -3.70. The van der Waals surface area contributed by atoms with Crippen LogP contribution in [0.25, 0.3) is 6.08 Å². The first kappa shape index (κ1) is 24.7. The topological polar surface area (TPSA) is 95.6 Å². The number of sulfonamides is 1. The van der Waals surface area contributed by atoms with Crippen LogP contribution < -0.4 is 10.0 Å². The van der Waals surface area contributed by atoms with Gasteiger partial charge in [0.1, 0.15) is 0 Å². The van der Waals surface area contributed by atoms with Crippen LogP contribution >= 0.6 is 0 Å². The highest BCUT2D eigenvalue weighted by atomic mass is 32.2. The molecule has 8 heteroatoms. The number of carbonyl (C=O) groups excluding carboxylic acids is 2. The number of piperidine rings is 1. The number of likely N-dealkylation sites (tertiary alicyclic amines) is 1. The largest absolute Gasteiger partial charge is 0.339 e. The summed E-state index contributed by atoms with van der Waals surface area (Å²) in [6, 6.07) is 15.8. The molecule has 0 saturated carbocycles. The second-order valence-corrected chi connectivity index (χ2v) is 10.9. The molecule has 1 heterocycles. The van der Waals surface area contributed by atoms with E-state index in [-0.39, 0.29) is 22.6 Å². The molecule has 3 rings (SSSR count). The Morgan fingerprint density at radius 2 is 1.67 bits per heavy atom. The molecule has 1 aliphatic rings. The maximum absolute atomic E-state index is 12.8. The van der Waals surface area contributed by atoms with Crippen LogP contribution in [0, 0.1) is 5.92 Å². The van der Waals surface area contributed by atoms with E-state index in [0.29, 0.717) is 31.6 Å². The van der Waals surface area contributed by atoms with Crippen molar-refractivity contribution >= 4 is 33.6 Å². The van der Waals surface area contributed by atoms with E-state index in [1.165, 1.54) is 12.1 Å². The highest BCUT2D eigenvalue weighted by Crippen LogP contribution is 2.22. The van der Waals surface area contributed by atoms with E-state index in [0.717, 1.165) is 5.56 Å². The van der Waals surface area contributed by atoms with Crippen molar-refractivity contribution in [1.29, 1.82) is 0 Å². The molecule has 33 heavy (non-hydrogen) atoms. The molecule has 0 aliphatic carbocycles. The lowest BCUT2D eigenvalue weighted by molar-refractivity contribution is -0.130. The average Bonchev–Trinajstić information content (AvgIpc) is 2.77. The molecule has 0 unspecified atom stereocenters. The number of hydrogen-bond donors (Lipinski definition) is 2. The minimum Gasteiger partial charge on any atom is -0.339 e. The fraction of sp³-hybridized carbons (Fsp3) is 0.360. The summed E-state index contributed by atoms with van der Waals surface area (Å²) < 4.78 is 27.7. The third kappa shape index (κ3) is 7.27. The SMILES string of the molecule is CC(C)(C)NS(=O)(=O)c1cccc(NC(=O)C2CCN(C(=O)/C=C/c3ccccc3)CC2)c1. The molecule has 2 aromatic carbocycles. The highest BCUT2D eigenvalue weighted by molar-refractivity contribution is 7.89. The predicted octanol–water partition coefficient (Wildman–Crippen LogP) is 3.65. The van der Waals surface area contributed by atoms with E-state index in [1.807, 2.05) is 30.3 Å². The van der Waals surface area contributed by atoms with Crippen molar-refractivity contribution in [2.75, 3.05) is 18.4 Å². The molecule has 2 N–H and O–H groups in total. The van der Waals surface area contributed by atoms with Crippen LogP contribution in [0.15, 0.2) is 65.6 Å². The third-order valence-electron chi connectivity index (χ3n) is 5.25. The van der Waals surface area contributed by atoms with Gasteiger partial charge in [0.25, 0.3) is 0 Å². The lowest BCUT2D eigenvalue weighted by Crippen LogP contribution is -2.41. The van der Waals surface area contributed by atoms with Crippen molar-refractivity contribution in [2.45, 2.75) is 44.0 Å². The summed E-state index contributed by atoms with van der Waals surface area (Å²) in [5.74, 6) is -0.470. The smallest absolute Gasteiger partial charge is 0.246 e. The number of nitrogens with one attached hydrogen (secondary N) is 2. The van der Waals surface area contributed by atoms with Crippen LogP contribution in [0.1, 0.15) is 39.2 Å². The Bertz CT molecular complexity index is 1110. The first-order chi connectivity index (χ1) is 15.5. The Hall–Kier alpha value is -2.97. The lowest BCUT2D eigenvalue weighted by Gasteiger charge is -2.30. The molecule has 0 atom stereocenters. The monoisotopic (exact) mass is 469 g/mol. The number of rotatable bonds is 6. The molecule has 7 nitrogen and oxygen atoms in total. The quantitative estimate of drug-likeness (QED) is 0.631. The van der Waals surface area contributed by atoms with Crippen molar-refractivity contribution in [3.63, 3.8) is 0 Å². The van der Waals surface area contributed by atoms with Crippen LogP contribution in [0.5, 0.6) is 0 Å². The van der Waals surface area contributed by atoms with Crippen LogP contribution in [-0.2, 0) is 19.6 Å². The van der Waals surface area contributed by atoms with Gasteiger partial charge in [0.2, 0.25) is 21.8 Å². The molecule has 0 bridgehead atoms. The zero-order chi connectivity index (χ0) is 24.1. The standard InChI is InChI=1S/C25H31N3O4S/c1-25(2,3)27-33(31,32)22-11-7-10-21(18-22)26-24(30)20-14-16-28(17-15-20)23(29)13-12-19-8-5-4-6-9-19/h4-13,18,20,27H,14-17H2,1-3H3,(H,26,30)/b13-12+. The maximum Gasteiger partial charge on any atom is 0.246 e. The van der Waals surface area contributed by atoms with Gasteiger partial charge < -0.3 is 10.2 Å². The summed E-state index contributed by atoms with van der Waals surface area (Å²) in [4.78, 5) is 27.0. The molecule has 2 amide bonds. The fourth-order valence-electron chi connectivity index (χ4n) is 3.65. The lowest BCUT2D eigenvalue weighted by atomic mass is 9.95. The van der Waals surface area contributed by atoms with E-state index in [2.05, 4.69) is 10.0 Å². The molecule has 0 aromatic heterocycles. The summed E-state index contributed by atoms with van der Waals surface area (Å²) >= 11 is 0. The van der Waals surface area contributed by atoms with Gasteiger partial charge in [-0.05, 0) is 63.5 Å². The van der Waals surface area contributed by atoms with Gasteiger partial charge in [0, 0.05) is 36.3 Å². The van der Waals surface area contributed by atoms with E-state index in [9.17, 15) is 18.0 Å². The van der Waals surface area contributed by atoms with Crippen molar-refractivity contribution in [3.8, 4) is 0 Å². The minimum absolute atomic E-state index is 0.0676. The Morgan fingerprint density at radius 1 is 1.00 bits per heavy atom. The molecule has 2 aromatic rings. The summed E-state index contributed by atoms with van der Waals surface area (Å²) in [6.45, 7) is 6.31. The van der Waals surface area contributed by atoms with E-state index >= 15 is 0 Å². The van der Waals surface area contributed by atoms with Gasteiger partial charge in [0.15, 0.2) is 0 Å². The predicted molar refractivity (Wildman–Crippen MR) is 130 cm³/mol. The van der Waals surface area contributed by atoms with Crippen molar-refractivity contribution in [3.05, 3.63) is 66.2 Å². The van der Waals surface area contributed by atoms with Crippen LogP contribution in [-0.4, -0.2) is 43.8 Å². The van der Waals surface area contributed by atoms with E-state index < -0.39 is 15.6 Å². The number of benzene rings is 2. The number of hydrogen-bond acceptors (Lipinski definition) is 4. The molecule has 176 valence electrons. The van der Waals surface area contributed by atoms with E-state index in [4.69, 9.17) is 0 Å². The van der Waals surface area contributed by atoms with Gasteiger partial charge >= 0.3 is 0 Å². The first-order valence-electron chi connectivity index (χ1n) is 11.0. The molecule has 1 aliphatic heterocycles. The maximum atomic E-state index is 12.8. The Labute approximate surface area is 195 Å². The second kappa shape index (κ2) is 10.3. The molecular formula is C25H31N3O4S. The normalized spacial score (nSPS) is 15.5. The Balaban J connectivity index is 1.55. The summed E-state index contributed by atoms with van der Waals surface area (Å²) in [5.41, 5.74) is 0.780. The summed E-state index contributed by atoms with van der Waals surface area (Å²) in [6.07, 6.45) is 4.46. The molecule has 0 spiro atoms. The van der Waals surface area contributed by atoms with Gasteiger partial charge in [-0.2, -0.15) is 0 Å². The van der Waals surface area contributed by atoms with Gasteiger partial charge in [-0.25, -0.2) is 13.1 Å². The Morgan fingerprint density at radius 3 is 2.30 bits per heavy atom. The highest BCUT2D eigenvalue weighted by Gasteiger charge is 2.27. The fourth-order valence-corrected chi connectivity index (χ4v) is 5.11. The number of carbonyl (C=O) groups is 2. The molecule has 1 fully saturated rings. The van der Waals surface area contributed by atoms with Crippen LogP contribution in [0.2, 0.25) is 0 Å². The van der Waals surface area contributed by atoms with Crippen molar-refractivity contribution in [2.24, 2.45) is 5.92 Å². The molecule has 1 saturated heterocycles. The summed E-state index contributed by atoms with van der Waals surface area (Å²) in [7, 11) is -3.70. The third-order valence-corrected chi connectivity index (χ3v) is 7.00. The van der Waals surface area contributed by atoms with Crippen molar-refractivity contribution < 1.29 is 18.0 Å². The van der Waals surface area contributed by atoms with Gasteiger partial charge in [-0.15, -0.1) is 0 Å². The Kier molecular flexibility index (Phi) is 7.71.